The molecule has 0 aliphatic carbocycles. The first-order valence-corrected chi connectivity index (χ1v) is 8.00. The summed E-state index contributed by atoms with van der Waals surface area (Å²) in [5.41, 5.74) is 10.8. The Labute approximate surface area is 129 Å². The summed E-state index contributed by atoms with van der Waals surface area (Å²) in [6.07, 6.45) is 0. The highest BCUT2D eigenvalue weighted by molar-refractivity contribution is 7.99. The zero-order valence-corrected chi connectivity index (χ0v) is 13.2. The monoisotopic (exact) mass is 300 g/mol. The van der Waals surface area contributed by atoms with Gasteiger partial charge in [0.2, 0.25) is 5.91 Å². The predicted octanol–water partition coefficient (Wildman–Crippen LogP) is 3.76. The van der Waals surface area contributed by atoms with Crippen LogP contribution in [0.25, 0.3) is 0 Å². The minimum Gasteiger partial charge on any atom is -0.399 e. The van der Waals surface area contributed by atoms with E-state index >= 15 is 0 Å². The first-order valence-electron chi connectivity index (χ1n) is 6.84. The van der Waals surface area contributed by atoms with Gasteiger partial charge < -0.3 is 11.1 Å². The van der Waals surface area contributed by atoms with Gasteiger partial charge in [0, 0.05) is 17.1 Å². The van der Waals surface area contributed by atoms with Gasteiger partial charge in [-0.2, -0.15) is 0 Å². The lowest BCUT2D eigenvalue weighted by Crippen LogP contribution is -2.15. The summed E-state index contributed by atoms with van der Waals surface area (Å²) < 4.78 is 0. The van der Waals surface area contributed by atoms with Crippen LogP contribution in [0.5, 0.6) is 0 Å². The Kier molecular flexibility index (Phi) is 5.28. The third-order valence-corrected chi connectivity index (χ3v) is 4.26. The largest absolute Gasteiger partial charge is 0.399 e. The van der Waals surface area contributed by atoms with E-state index in [1.807, 2.05) is 31.2 Å². The Bertz CT molecular complexity index is 640. The van der Waals surface area contributed by atoms with E-state index < -0.39 is 0 Å². The Hall–Kier alpha value is -1.94. The van der Waals surface area contributed by atoms with Gasteiger partial charge >= 0.3 is 0 Å². The number of carbonyl (C=O) groups is 1. The molecule has 0 bridgehead atoms. The zero-order chi connectivity index (χ0) is 15.2. The number of carbonyl (C=O) groups excluding carboxylic acids is 1. The number of rotatable bonds is 5. The summed E-state index contributed by atoms with van der Waals surface area (Å²) in [6.45, 7) is 4.03. The van der Waals surface area contributed by atoms with E-state index in [1.165, 1.54) is 11.1 Å². The van der Waals surface area contributed by atoms with Crippen molar-refractivity contribution < 1.29 is 4.79 Å². The molecule has 2 aromatic carbocycles. The number of hydrogen-bond acceptors (Lipinski definition) is 3. The van der Waals surface area contributed by atoms with Gasteiger partial charge in [0.25, 0.3) is 0 Å². The molecule has 0 aliphatic heterocycles. The van der Waals surface area contributed by atoms with E-state index in [9.17, 15) is 4.79 Å². The lowest BCUT2D eigenvalue weighted by molar-refractivity contribution is -0.113. The van der Waals surface area contributed by atoms with E-state index in [2.05, 4.69) is 24.4 Å². The van der Waals surface area contributed by atoms with Crippen LogP contribution in [-0.4, -0.2) is 11.7 Å². The van der Waals surface area contributed by atoms with Crippen molar-refractivity contribution in [2.75, 3.05) is 16.8 Å². The van der Waals surface area contributed by atoms with Gasteiger partial charge in [0.05, 0.1) is 5.75 Å². The summed E-state index contributed by atoms with van der Waals surface area (Å²) in [7, 11) is 0. The van der Waals surface area contributed by atoms with E-state index in [-0.39, 0.29) is 5.91 Å². The maximum Gasteiger partial charge on any atom is 0.234 e. The Morgan fingerprint density at radius 1 is 1.14 bits per heavy atom. The third kappa shape index (κ3) is 4.53. The molecule has 0 saturated carbocycles. The van der Waals surface area contributed by atoms with Crippen LogP contribution in [-0.2, 0) is 10.5 Å². The molecule has 21 heavy (non-hydrogen) atoms. The van der Waals surface area contributed by atoms with Crippen molar-refractivity contribution in [2.24, 2.45) is 0 Å². The third-order valence-electron chi connectivity index (χ3n) is 3.28. The van der Waals surface area contributed by atoms with Gasteiger partial charge in [0.15, 0.2) is 0 Å². The minimum atomic E-state index is 0.0152. The average Bonchev–Trinajstić information content (AvgIpc) is 2.44. The summed E-state index contributed by atoms with van der Waals surface area (Å²) in [5.74, 6) is 1.31. The standard InChI is InChI=1S/C17H20N2OS/c1-12-5-3-4-6-14(12)10-21-11-17(20)19-16-8-7-15(18)9-13(16)2/h3-9H,10-11,18H2,1-2H3,(H,19,20). The fourth-order valence-electron chi connectivity index (χ4n) is 2.04. The molecule has 0 aromatic heterocycles. The molecular formula is C17H20N2OS. The fourth-order valence-corrected chi connectivity index (χ4v) is 2.94. The van der Waals surface area contributed by atoms with E-state index in [0.717, 1.165) is 17.0 Å². The Balaban J connectivity index is 1.84. The summed E-state index contributed by atoms with van der Waals surface area (Å²) in [4.78, 5) is 12.0. The van der Waals surface area contributed by atoms with E-state index in [0.29, 0.717) is 11.4 Å². The van der Waals surface area contributed by atoms with Crippen LogP contribution in [0.4, 0.5) is 11.4 Å². The van der Waals surface area contributed by atoms with Crippen LogP contribution in [0.2, 0.25) is 0 Å². The van der Waals surface area contributed by atoms with Gasteiger partial charge in [-0.25, -0.2) is 0 Å². The molecule has 0 fully saturated rings. The molecule has 2 rings (SSSR count). The second kappa shape index (κ2) is 7.18. The fraction of sp³-hybridized carbons (Fsp3) is 0.235. The zero-order valence-electron chi connectivity index (χ0n) is 12.3. The van der Waals surface area contributed by atoms with Crippen LogP contribution in [0, 0.1) is 13.8 Å². The molecule has 110 valence electrons. The molecule has 0 aliphatic rings. The number of thioether (sulfide) groups is 1. The minimum absolute atomic E-state index is 0.0152. The number of amides is 1. The second-order valence-electron chi connectivity index (χ2n) is 5.04. The van der Waals surface area contributed by atoms with Gasteiger partial charge in [-0.1, -0.05) is 24.3 Å². The Morgan fingerprint density at radius 2 is 1.90 bits per heavy atom. The van der Waals surface area contributed by atoms with E-state index in [4.69, 9.17) is 5.73 Å². The first kappa shape index (κ1) is 15.4. The predicted molar refractivity (Wildman–Crippen MR) is 91.6 cm³/mol. The lowest BCUT2D eigenvalue weighted by Gasteiger charge is -2.09. The van der Waals surface area contributed by atoms with Crippen molar-refractivity contribution in [2.45, 2.75) is 19.6 Å². The van der Waals surface area contributed by atoms with Crippen molar-refractivity contribution in [3.63, 3.8) is 0 Å². The quantitative estimate of drug-likeness (QED) is 0.827. The number of hydrogen-bond donors (Lipinski definition) is 2. The highest BCUT2D eigenvalue weighted by Gasteiger charge is 2.06. The van der Waals surface area contributed by atoms with Crippen molar-refractivity contribution in [1.29, 1.82) is 0 Å². The molecule has 0 spiro atoms. The van der Waals surface area contributed by atoms with Crippen LogP contribution in [0.15, 0.2) is 42.5 Å². The first-order chi connectivity index (χ1) is 10.1. The van der Waals surface area contributed by atoms with Crippen molar-refractivity contribution >= 4 is 29.0 Å². The molecule has 0 radical (unpaired) electrons. The Morgan fingerprint density at radius 3 is 2.62 bits per heavy atom. The summed E-state index contributed by atoms with van der Waals surface area (Å²) in [6, 6.07) is 13.7. The molecule has 4 heteroatoms. The van der Waals surface area contributed by atoms with Crippen LogP contribution in [0.1, 0.15) is 16.7 Å². The molecule has 0 unspecified atom stereocenters. The van der Waals surface area contributed by atoms with Crippen molar-refractivity contribution in [3.05, 3.63) is 59.2 Å². The average molecular weight is 300 g/mol. The highest BCUT2D eigenvalue weighted by atomic mass is 32.2. The number of aryl methyl sites for hydroxylation is 2. The molecule has 3 N–H and O–H groups in total. The maximum atomic E-state index is 12.0. The van der Waals surface area contributed by atoms with Crippen LogP contribution < -0.4 is 11.1 Å². The molecule has 1 amide bonds. The molecule has 2 aromatic rings. The summed E-state index contributed by atoms with van der Waals surface area (Å²) >= 11 is 1.62. The molecular weight excluding hydrogens is 280 g/mol. The smallest absolute Gasteiger partial charge is 0.234 e. The van der Waals surface area contributed by atoms with Gasteiger partial charge in [-0.15, -0.1) is 11.8 Å². The lowest BCUT2D eigenvalue weighted by atomic mass is 10.1. The molecule has 3 nitrogen and oxygen atoms in total. The second-order valence-corrected chi connectivity index (χ2v) is 6.03. The number of benzene rings is 2. The molecule has 0 heterocycles. The van der Waals surface area contributed by atoms with E-state index in [1.54, 1.807) is 17.8 Å². The highest BCUT2D eigenvalue weighted by Crippen LogP contribution is 2.19. The molecule has 0 atom stereocenters. The van der Waals surface area contributed by atoms with Gasteiger partial charge in [-0.05, 0) is 48.7 Å². The van der Waals surface area contributed by atoms with Crippen LogP contribution in [0.3, 0.4) is 0 Å². The SMILES string of the molecule is Cc1ccccc1CSCC(=O)Nc1ccc(N)cc1C. The normalized spacial score (nSPS) is 10.4. The van der Waals surface area contributed by atoms with Gasteiger partial charge in [-0.3, -0.25) is 4.79 Å². The van der Waals surface area contributed by atoms with Crippen molar-refractivity contribution in [1.82, 2.24) is 0 Å². The maximum absolute atomic E-state index is 12.0. The van der Waals surface area contributed by atoms with Crippen LogP contribution >= 0.6 is 11.8 Å². The molecule has 0 saturated heterocycles. The number of nitrogens with two attached hydrogens (primary N) is 1. The topological polar surface area (TPSA) is 55.1 Å². The number of nitrogens with one attached hydrogen (secondary N) is 1. The van der Waals surface area contributed by atoms with Gasteiger partial charge in [0.1, 0.15) is 0 Å². The number of nitrogen functional groups attached to an aromatic ring is 1. The summed E-state index contributed by atoms with van der Waals surface area (Å²) in [5, 5.41) is 2.92. The van der Waals surface area contributed by atoms with Crippen molar-refractivity contribution in [3.8, 4) is 0 Å². The number of anilines is 2.